The highest BCUT2D eigenvalue weighted by Crippen LogP contribution is 2.34. The van der Waals surface area contributed by atoms with Crippen LogP contribution in [0.2, 0.25) is 0 Å². The van der Waals surface area contributed by atoms with Gasteiger partial charge in [-0.05, 0) is 18.1 Å². The van der Waals surface area contributed by atoms with Crippen molar-refractivity contribution in [1.29, 1.82) is 0 Å². The van der Waals surface area contributed by atoms with Crippen molar-refractivity contribution < 1.29 is 21.6 Å². The van der Waals surface area contributed by atoms with E-state index in [2.05, 4.69) is 0 Å². The lowest BCUT2D eigenvalue weighted by molar-refractivity contribution is -0.138. The molecule has 0 bridgehead atoms. The molecular weight excluding hydrogens is 267 g/mol. The second-order valence-electron chi connectivity index (χ2n) is 4.11. The van der Waals surface area contributed by atoms with E-state index in [4.69, 9.17) is 5.73 Å². The molecule has 0 spiro atoms. The summed E-state index contributed by atoms with van der Waals surface area (Å²) in [5, 5.41) is 0. The summed E-state index contributed by atoms with van der Waals surface area (Å²) in [5.74, 6) is -0.236. The summed E-state index contributed by atoms with van der Waals surface area (Å²) in [5.41, 5.74) is 4.75. The van der Waals surface area contributed by atoms with E-state index in [1.54, 1.807) is 0 Å². The van der Waals surface area contributed by atoms with Crippen LogP contribution in [0.1, 0.15) is 23.6 Å². The van der Waals surface area contributed by atoms with E-state index >= 15 is 0 Å². The predicted molar refractivity (Wildman–Crippen MR) is 62.7 cm³/mol. The lowest BCUT2D eigenvalue weighted by Crippen LogP contribution is -2.20. The molecule has 1 aromatic carbocycles. The topological polar surface area (TPSA) is 60.2 Å². The first-order valence-corrected chi connectivity index (χ1v) is 7.27. The molecule has 18 heavy (non-hydrogen) atoms. The molecule has 2 N–H and O–H groups in total. The Morgan fingerprint density at radius 1 is 1.28 bits per heavy atom. The minimum Gasteiger partial charge on any atom is -0.324 e. The Balaban J connectivity index is 2.96. The molecule has 0 radical (unpaired) electrons. The number of halogens is 3. The van der Waals surface area contributed by atoms with Gasteiger partial charge in [-0.3, -0.25) is 0 Å². The van der Waals surface area contributed by atoms with Crippen LogP contribution in [0, 0.1) is 0 Å². The molecule has 0 amide bonds. The molecule has 1 unspecified atom stereocenters. The predicted octanol–water partition coefficient (Wildman–Crippen LogP) is 2.14. The summed E-state index contributed by atoms with van der Waals surface area (Å²) in [7, 11) is -3.24. The highest BCUT2D eigenvalue weighted by molar-refractivity contribution is 7.90. The van der Waals surface area contributed by atoms with Crippen LogP contribution < -0.4 is 5.73 Å². The van der Waals surface area contributed by atoms with Crippen LogP contribution in [0.25, 0.3) is 0 Å². The van der Waals surface area contributed by atoms with Crippen LogP contribution in [0.4, 0.5) is 13.2 Å². The van der Waals surface area contributed by atoms with Crippen molar-refractivity contribution in [2.45, 2.75) is 18.6 Å². The second-order valence-corrected chi connectivity index (χ2v) is 6.37. The molecule has 0 heterocycles. The van der Waals surface area contributed by atoms with Crippen molar-refractivity contribution in [2.75, 3.05) is 12.0 Å². The quantitative estimate of drug-likeness (QED) is 0.919. The molecule has 3 nitrogen and oxygen atoms in total. The standard InChI is InChI=1S/C11H14F3NO2S/c1-18(16,17)7-6-10(15)8-4-2-3-5-9(8)11(12,13)14/h2-5,10H,6-7,15H2,1H3. The summed E-state index contributed by atoms with van der Waals surface area (Å²) in [4.78, 5) is 0. The maximum atomic E-state index is 12.7. The van der Waals surface area contributed by atoms with Gasteiger partial charge in [0.2, 0.25) is 0 Å². The third-order valence-electron chi connectivity index (χ3n) is 2.47. The van der Waals surface area contributed by atoms with Gasteiger partial charge in [0.1, 0.15) is 9.84 Å². The number of nitrogens with two attached hydrogens (primary N) is 1. The number of alkyl halides is 3. The highest BCUT2D eigenvalue weighted by atomic mass is 32.2. The average Bonchev–Trinajstić information content (AvgIpc) is 2.24. The van der Waals surface area contributed by atoms with E-state index in [0.717, 1.165) is 12.3 Å². The Labute approximate surface area is 104 Å². The zero-order chi connectivity index (χ0) is 14.0. The van der Waals surface area contributed by atoms with Crippen molar-refractivity contribution in [3.8, 4) is 0 Å². The SMILES string of the molecule is CS(=O)(=O)CCC(N)c1ccccc1C(F)(F)F. The zero-order valence-corrected chi connectivity index (χ0v) is 10.6. The molecule has 1 atom stereocenters. The fourth-order valence-corrected chi connectivity index (χ4v) is 2.26. The first-order valence-electron chi connectivity index (χ1n) is 5.20. The Hall–Kier alpha value is -1.08. The summed E-state index contributed by atoms with van der Waals surface area (Å²) in [6.07, 6.45) is -3.50. The van der Waals surface area contributed by atoms with Crippen molar-refractivity contribution in [1.82, 2.24) is 0 Å². The van der Waals surface area contributed by atoms with Crippen LogP contribution in [0.3, 0.4) is 0 Å². The van der Waals surface area contributed by atoms with E-state index in [-0.39, 0.29) is 17.7 Å². The molecule has 0 aliphatic rings. The van der Waals surface area contributed by atoms with Crippen molar-refractivity contribution in [3.05, 3.63) is 35.4 Å². The molecule has 7 heteroatoms. The lowest BCUT2D eigenvalue weighted by Gasteiger charge is -2.17. The van der Waals surface area contributed by atoms with Gasteiger partial charge in [0.05, 0.1) is 11.3 Å². The Morgan fingerprint density at radius 2 is 1.83 bits per heavy atom. The molecule has 0 aliphatic carbocycles. The molecule has 1 rings (SSSR count). The molecule has 1 aromatic rings. The average molecular weight is 281 g/mol. The number of benzene rings is 1. The highest BCUT2D eigenvalue weighted by Gasteiger charge is 2.34. The first kappa shape index (κ1) is 15.0. The normalized spacial score (nSPS) is 14.5. The number of hydrogen-bond donors (Lipinski definition) is 1. The van der Waals surface area contributed by atoms with Gasteiger partial charge in [0.25, 0.3) is 0 Å². The van der Waals surface area contributed by atoms with E-state index in [0.29, 0.717) is 0 Å². The molecular formula is C11H14F3NO2S. The maximum Gasteiger partial charge on any atom is 0.416 e. The van der Waals surface area contributed by atoms with Crippen LogP contribution in [0.5, 0.6) is 0 Å². The second kappa shape index (κ2) is 5.27. The van der Waals surface area contributed by atoms with Crippen LogP contribution in [-0.2, 0) is 16.0 Å². The molecule has 0 aliphatic heterocycles. The van der Waals surface area contributed by atoms with E-state index in [9.17, 15) is 21.6 Å². The summed E-state index contributed by atoms with van der Waals surface area (Å²) < 4.78 is 60.1. The first-order chi connectivity index (χ1) is 8.11. The molecule has 0 saturated carbocycles. The van der Waals surface area contributed by atoms with Gasteiger partial charge in [-0.2, -0.15) is 13.2 Å². The molecule has 0 saturated heterocycles. The van der Waals surface area contributed by atoms with Crippen molar-refractivity contribution in [3.63, 3.8) is 0 Å². The van der Waals surface area contributed by atoms with Crippen LogP contribution in [-0.4, -0.2) is 20.4 Å². The van der Waals surface area contributed by atoms with Gasteiger partial charge in [-0.1, -0.05) is 18.2 Å². The van der Waals surface area contributed by atoms with Crippen LogP contribution >= 0.6 is 0 Å². The lowest BCUT2D eigenvalue weighted by atomic mass is 9.99. The van der Waals surface area contributed by atoms with Gasteiger partial charge in [0.15, 0.2) is 0 Å². The largest absolute Gasteiger partial charge is 0.416 e. The van der Waals surface area contributed by atoms with Gasteiger partial charge in [-0.25, -0.2) is 8.42 Å². The molecule has 0 aromatic heterocycles. The van der Waals surface area contributed by atoms with Gasteiger partial charge < -0.3 is 5.73 Å². The summed E-state index contributed by atoms with van der Waals surface area (Å²) >= 11 is 0. The smallest absolute Gasteiger partial charge is 0.324 e. The van der Waals surface area contributed by atoms with E-state index < -0.39 is 27.6 Å². The minimum absolute atomic E-state index is 0.0358. The Bertz CT molecular complexity index is 511. The molecule has 0 fully saturated rings. The van der Waals surface area contributed by atoms with Gasteiger partial charge in [-0.15, -0.1) is 0 Å². The Morgan fingerprint density at radius 3 is 2.33 bits per heavy atom. The molecule has 102 valence electrons. The fourth-order valence-electron chi connectivity index (χ4n) is 1.58. The third kappa shape index (κ3) is 4.30. The maximum absolute atomic E-state index is 12.7. The monoisotopic (exact) mass is 281 g/mol. The summed E-state index contributed by atoms with van der Waals surface area (Å²) in [6, 6.07) is 3.99. The van der Waals surface area contributed by atoms with Crippen LogP contribution in [0.15, 0.2) is 24.3 Å². The van der Waals surface area contributed by atoms with Crippen molar-refractivity contribution >= 4 is 9.84 Å². The van der Waals surface area contributed by atoms with E-state index in [1.165, 1.54) is 18.2 Å². The zero-order valence-electron chi connectivity index (χ0n) is 9.74. The minimum atomic E-state index is -4.49. The number of sulfone groups is 1. The third-order valence-corrected chi connectivity index (χ3v) is 3.44. The summed E-state index contributed by atoms with van der Waals surface area (Å²) in [6.45, 7) is 0. The fraction of sp³-hybridized carbons (Fsp3) is 0.455. The van der Waals surface area contributed by atoms with Gasteiger partial charge >= 0.3 is 6.18 Å². The number of hydrogen-bond acceptors (Lipinski definition) is 3. The van der Waals surface area contributed by atoms with Gasteiger partial charge in [0, 0.05) is 12.3 Å². The Kier molecular flexibility index (Phi) is 4.39. The van der Waals surface area contributed by atoms with E-state index in [1.807, 2.05) is 0 Å². The number of rotatable bonds is 4. The van der Waals surface area contributed by atoms with Crippen molar-refractivity contribution in [2.24, 2.45) is 5.73 Å².